The number of aromatic carboxylic acids is 1. The number of aliphatic hydroxyl groups excluding tert-OH is 1. The van der Waals surface area contributed by atoms with Gasteiger partial charge in [-0.2, -0.15) is 0 Å². The number of carbonyl (C=O) groups is 1. The molecule has 0 aliphatic heterocycles. The van der Waals surface area contributed by atoms with Crippen LogP contribution in [0.15, 0.2) is 17.2 Å². The zero-order valence-corrected chi connectivity index (χ0v) is 12.4. The maximum Gasteiger partial charge on any atom is 0.352 e. The van der Waals surface area contributed by atoms with Gasteiger partial charge in [0.1, 0.15) is 10.6 Å². The summed E-state index contributed by atoms with van der Waals surface area (Å²) in [7, 11) is -3.83. The number of nitrogens with zero attached hydrogens (tertiary/aromatic N) is 1. The smallest absolute Gasteiger partial charge is 0.352 e. The van der Waals surface area contributed by atoms with Crippen molar-refractivity contribution in [3.8, 4) is 0 Å². The second-order valence-corrected chi connectivity index (χ2v) is 6.18. The molecule has 0 bridgehead atoms. The van der Waals surface area contributed by atoms with E-state index in [2.05, 4.69) is 4.72 Å². The van der Waals surface area contributed by atoms with Gasteiger partial charge in [-0.1, -0.05) is 13.8 Å². The van der Waals surface area contributed by atoms with Crippen LogP contribution in [-0.2, 0) is 16.6 Å². The third-order valence-electron chi connectivity index (χ3n) is 2.90. The van der Waals surface area contributed by atoms with Gasteiger partial charge >= 0.3 is 5.97 Å². The molecule has 3 N–H and O–H groups in total. The molecule has 1 aromatic heterocycles. The number of carboxylic acid groups (broad SMARTS) is 1. The van der Waals surface area contributed by atoms with E-state index in [1.807, 2.05) is 6.92 Å². The minimum absolute atomic E-state index is 0.0655. The third kappa shape index (κ3) is 3.81. The molecular formula is C12H20N2O5S. The number of hydrogen-bond donors (Lipinski definition) is 3. The van der Waals surface area contributed by atoms with Crippen molar-refractivity contribution in [3.63, 3.8) is 0 Å². The molecule has 1 rings (SSSR count). The highest BCUT2D eigenvalue weighted by molar-refractivity contribution is 7.89. The second-order valence-electron chi connectivity index (χ2n) is 4.47. The van der Waals surface area contributed by atoms with Crippen LogP contribution in [0.25, 0.3) is 0 Å². The summed E-state index contributed by atoms with van der Waals surface area (Å²) >= 11 is 0. The van der Waals surface area contributed by atoms with Gasteiger partial charge < -0.3 is 14.8 Å². The van der Waals surface area contributed by atoms with Crippen molar-refractivity contribution in [3.05, 3.63) is 18.0 Å². The first kappa shape index (κ1) is 16.7. The lowest BCUT2D eigenvalue weighted by molar-refractivity contribution is 0.0685. The summed E-state index contributed by atoms with van der Waals surface area (Å²) in [6.45, 7) is 3.73. The quantitative estimate of drug-likeness (QED) is 0.653. The first-order chi connectivity index (χ1) is 9.35. The molecule has 0 spiro atoms. The molecule has 20 heavy (non-hydrogen) atoms. The van der Waals surface area contributed by atoms with Crippen molar-refractivity contribution in [1.82, 2.24) is 9.29 Å². The van der Waals surface area contributed by atoms with Gasteiger partial charge in [0.15, 0.2) is 0 Å². The van der Waals surface area contributed by atoms with Crippen LogP contribution in [0, 0.1) is 0 Å². The molecule has 8 heteroatoms. The Morgan fingerprint density at radius 1 is 1.45 bits per heavy atom. The summed E-state index contributed by atoms with van der Waals surface area (Å²) < 4.78 is 28.0. The van der Waals surface area contributed by atoms with Crippen molar-refractivity contribution >= 4 is 16.0 Å². The topological polar surface area (TPSA) is 109 Å². The van der Waals surface area contributed by atoms with Crippen molar-refractivity contribution in [1.29, 1.82) is 0 Å². The normalized spacial score (nSPS) is 13.3. The van der Waals surface area contributed by atoms with Crippen LogP contribution in [0.3, 0.4) is 0 Å². The number of carboxylic acids is 1. The maximum atomic E-state index is 12.1. The number of sulfonamides is 1. The van der Waals surface area contributed by atoms with E-state index in [0.717, 1.165) is 6.07 Å². The fourth-order valence-corrected chi connectivity index (χ4v) is 3.12. The number of hydrogen-bond acceptors (Lipinski definition) is 4. The number of rotatable bonds is 8. The van der Waals surface area contributed by atoms with Crippen LogP contribution < -0.4 is 4.72 Å². The van der Waals surface area contributed by atoms with Crippen LogP contribution in [0.4, 0.5) is 0 Å². The Hall–Kier alpha value is -1.38. The highest BCUT2D eigenvalue weighted by atomic mass is 32.2. The molecule has 0 aromatic carbocycles. The van der Waals surface area contributed by atoms with E-state index in [1.54, 1.807) is 6.92 Å². The lowest BCUT2D eigenvalue weighted by Gasteiger charge is -2.13. The lowest BCUT2D eigenvalue weighted by Crippen LogP contribution is -2.36. The second kappa shape index (κ2) is 6.87. The Balaban J connectivity index is 3.12. The summed E-state index contributed by atoms with van der Waals surface area (Å²) in [5.74, 6) is -1.17. The van der Waals surface area contributed by atoms with Crippen molar-refractivity contribution in [2.24, 2.45) is 0 Å². The minimum Gasteiger partial charge on any atom is -0.477 e. The van der Waals surface area contributed by atoms with Crippen LogP contribution >= 0.6 is 0 Å². The number of aliphatic hydroxyl groups is 1. The van der Waals surface area contributed by atoms with E-state index < -0.39 is 22.0 Å². The largest absolute Gasteiger partial charge is 0.477 e. The van der Waals surface area contributed by atoms with Gasteiger partial charge in [0.25, 0.3) is 0 Å². The summed E-state index contributed by atoms with van der Waals surface area (Å²) in [5, 5.41) is 18.1. The molecular weight excluding hydrogens is 284 g/mol. The minimum atomic E-state index is -3.83. The van der Waals surface area contributed by atoms with Gasteiger partial charge in [-0.15, -0.1) is 0 Å². The lowest BCUT2D eigenvalue weighted by atomic mass is 10.3. The van der Waals surface area contributed by atoms with Gasteiger partial charge in [0.05, 0.1) is 6.61 Å². The molecule has 114 valence electrons. The number of aromatic nitrogens is 1. The van der Waals surface area contributed by atoms with E-state index in [9.17, 15) is 13.2 Å². The highest BCUT2D eigenvalue weighted by Gasteiger charge is 2.23. The molecule has 1 aromatic rings. The predicted octanol–water partition coefficient (Wildman–Crippen LogP) is 0.645. The summed E-state index contributed by atoms with van der Waals surface area (Å²) in [6, 6.07) is 0.549. The fraction of sp³-hybridized carbons (Fsp3) is 0.583. The maximum absolute atomic E-state index is 12.1. The van der Waals surface area contributed by atoms with E-state index in [0.29, 0.717) is 19.4 Å². The zero-order valence-electron chi connectivity index (χ0n) is 11.5. The third-order valence-corrected chi connectivity index (χ3v) is 4.39. The molecule has 0 saturated carbocycles. The Kier molecular flexibility index (Phi) is 5.73. The molecule has 7 nitrogen and oxygen atoms in total. The predicted molar refractivity (Wildman–Crippen MR) is 73.2 cm³/mol. The average molecular weight is 304 g/mol. The van der Waals surface area contributed by atoms with E-state index in [-0.39, 0.29) is 17.2 Å². The average Bonchev–Trinajstić information content (AvgIpc) is 2.81. The Bertz CT molecular complexity index is 560. The molecule has 0 unspecified atom stereocenters. The van der Waals surface area contributed by atoms with Crippen molar-refractivity contribution in [2.75, 3.05) is 6.61 Å². The van der Waals surface area contributed by atoms with Crippen LogP contribution in [0.2, 0.25) is 0 Å². The van der Waals surface area contributed by atoms with Gasteiger partial charge in [0.2, 0.25) is 10.0 Å². The molecule has 0 fully saturated rings. The molecule has 1 atom stereocenters. The van der Waals surface area contributed by atoms with E-state index in [4.69, 9.17) is 10.2 Å². The van der Waals surface area contributed by atoms with Gasteiger partial charge in [-0.3, -0.25) is 0 Å². The molecule has 0 radical (unpaired) electrons. The highest BCUT2D eigenvalue weighted by Crippen LogP contribution is 2.16. The van der Waals surface area contributed by atoms with Crippen molar-refractivity contribution < 1.29 is 23.4 Å². The Morgan fingerprint density at radius 2 is 2.10 bits per heavy atom. The van der Waals surface area contributed by atoms with Crippen LogP contribution in [0.1, 0.15) is 37.2 Å². The summed E-state index contributed by atoms with van der Waals surface area (Å²) in [4.78, 5) is 11.0. The molecule has 0 saturated heterocycles. The van der Waals surface area contributed by atoms with Crippen molar-refractivity contribution in [2.45, 2.75) is 44.2 Å². The molecule has 1 heterocycles. The van der Waals surface area contributed by atoms with Crippen LogP contribution in [0.5, 0.6) is 0 Å². The van der Waals surface area contributed by atoms with Gasteiger partial charge in [-0.05, 0) is 18.9 Å². The number of aryl methyl sites for hydroxylation is 1. The fourth-order valence-electron chi connectivity index (χ4n) is 1.77. The van der Waals surface area contributed by atoms with E-state index >= 15 is 0 Å². The van der Waals surface area contributed by atoms with Gasteiger partial charge in [0, 0.05) is 18.8 Å². The monoisotopic (exact) mass is 304 g/mol. The molecule has 0 aliphatic rings. The number of nitrogens with one attached hydrogen (secondary N) is 1. The molecule has 0 aliphatic carbocycles. The molecule has 0 amide bonds. The first-order valence-electron chi connectivity index (χ1n) is 6.42. The summed E-state index contributed by atoms with van der Waals surface area (Å²) in [5.41, 5.74) is -0.0655. The van der Waals surface area contributed by atoms with Crippen LogP contribution in [-0.4, -0.2) is 41.8 Å². The first-order valence-corrected chi connectivity index (χ1v) is 7.90. The SMILES string of the molecule is CCCn1cc(S(=O)(=O)N[C@H](CC)CO)cc1C(=O)O. The van der Waals surface area contributed by atoms with E-state index in [1.165, 1.54) is 10.8 Å². The Labute approximate surface area is 118 Å². The summed E-state index contributed by atoms with van der Waals surface area (Å²) in [6.07, 6.45) is 2.44. The van der Waals surface area contributed by atoms with Gasteiger partial charge in [-0.25, -0.2) is 17.9 Å². The zero-order chi connectivity index (χ0) is 15.3. The Morgan fingerprint density at radius 3 is 2.55 bits per heavy atom. The standard InChI is InChI=1S/C12H20N2O5S/c1-3-5-14-7-10(6-11(14)12(16)17)20(18,19)13-9(4-2)8-15/h6-7,9,13,15H,3-5,8H2,1-2H3,(H,16,17)/t9-/m1/s1.